The molecule has 1 N–H and O–H groups in total. The van der Waals surface area contributed by atoms with Gasteiger partial charge in [0.05, 0.1) is 23.5 Å². The van der Waals surface area contributed by atoms with Crippen molar-refractivity contribution in [3.63, 3.8) is 0 Å². The molecule has 2 aromatic rings. The molecule has 1 amide bonds. The Morgan fingerprint density at radius 2 is 2.10 bits per heavy atom. The molecule has 2 aliphatic heterocycles. The number of amides is 1. The molecule has 0 spiro atoms. The highest BCUT2D eigenvalue weighted by Gasteiger charge is 2.34. The van der Waals surface area contributed by atoms with Crippen LogP contribution in [0.25, 0.3) is 5.70 Å². The summed E-state index contributed by atoms with van der Waals surface area (Å²) in [7, 11) is 1.60. The molecule has 0 fully saturated rings. The Labute approximate surface area is 180 Å². The van der Waals surface area contributed by atoms with Crippen LogP contribution >= 0.6 is 27.7 Å². The van der Waals surface area contributed by atoms with E-state index in [1.54, 1.807) is 12.1 Å². The van der Waals surface area contributed by atoms with E-state index in [9.17, 15) is 4.79 Å². The predicted octanol–water partition coefficient (Wildman–Crippen LogP) is 2.36. The van der Waals surface area contributed by atoms with Gasteiger partial charge in [0.15, 0.2) is 22.8 Å². The Balaban J connectivity index is 1.95. The maximum Gasteiger partial charge on any atom is 0.276 e. The van der Waals surface area contributed by atoms with Crippen molar-refractivity contribution in [3.8, 4) is 11.5 Å². The normalized spacial score (nSPS) is 17.6. The van der Waals surface area contributed by atoms with Crippen LogP contribution < -0.4 is 25.4 Å². The topological polar surface area (TPSA) is 75.5 Å². The van der Waals surface area contributed by atoms with Crippen LogP contribution in [-0.4, -0.2) is 36.1 Å². The summed E-state index contributed by atoms with van der Waals surface area (Å²) in [6.45, 7) is 2.41. The van der Waals surface area contributed by atoms with Gasteiger partial charge >= 0.3 is 0 Å². The highest BCUT2D eigenvalue weighted by Crippen LogP contribution is 2.40. The minimum atomic E-state index is -0.519. The Morgan fingerprint density at radius 1 is 1.31 bits per heavy atom. The Hall–Kier alpha value is -2.52. The van der Waals surface area contributed by atoms with Crippen molar-refractivity contribution in [2.75, 3.05) is 20.0 Å². The third-order valence-corrected chi connectivity index (χ3v) is 5.70. The van der Waals surface area contributed by atoms with Crippen LogP contribution in [0, 0.1) is 0 Å². The highest BCUT2D eigenvalue weighted by atomic mass is 79.9. The molecule has 0 saturated carbocycles. The lowest BCUT2D eigenvalue weighted by Gasteiger charge is -2.34. The first kappa shape index (κ1) is 19.8. The molecule has 0 radical (unpaired) electrons. The molecule has 0 aromatic heterocycles. The van der Waals surface area contributed by atoms with Gasteiger partial charge in [-0.3, -0.25) is 15.1 Å². The van der Waals surface area contributed by atoms with E-state index in [-0.39, 0.29) is 5.91 Å². The molecule has 150 valence electrons. The number of ether oxygens (including phenoxy) is 2. The summed E-state index contributed by atoms with van der Waals surface area (Å²) in [6, 6.07) is 11.4. The fourth-order valence-corrected chi connectivity index (χ4v) is 4.32. The fourth-order valence-electron chi connectivity index (χ4n) is 3.33. The number of carbonyl (C=O) groups excluding carboxylic acids is 1. The van der Waals surface area contributed by atoms with E-state index in [4.69, 9.17) is 14.5 Å². The van der Waals surface area contributed by atoms with Crippen molar-refractivity contribution in [2.24, 2.45) is 10.1 Å². The lowest BCUT2D eigenvalue weighted by molar-refractivity contribution is -0.116. The summed E-state index contributed by atoms with van der Waals surface area (Å²) in [5.41, 5.74) is 1.30. The Kier molecular flexibility index (Phi) is 5.51. The van der Waals surface area contributed by atoms with Crippen molar-refractivity contribution >= 4 is 44.5 Å². The number of hydrogen-bond acceptors (Lipinski definition) is 7. The third kappa shape index (κ3) is 3.49. The summed E-state index contributed by atoms with van der Waals surface area (Å²) in [6.07, 6.45) is 1.35. The average Bonchev–Trinajstić information content (AvgIpc) is 2.72. The van der Waals surface area contributed by atoms with Gasteiger partial charge in [-0.25, -0.2) is 5.01 Å². The zero-order valence-electron chi connectivity index (χ0n) is 16.1. The van der Waals surface area contributed by atoms with Crippen LogP contribution in [0.2, 0.25) is 0 Å². The first-order chi connectivity index (χ1) is 14.1. The molecular formula is C20H19BrN4O3S. The van der Waals surface area contributed by atoms with Gasteiger partial charge in [0.1, 0.15) is 5.70 Å². The van der Waals surface area contributed by atoms with Crippen molar-refractivity contribution < 1.29 is 14.3 Å². The van der Waals surface area contributed by atoms with Crippen molar-refractivity contribution in [1.29, 1.82) is 0 Å². The van der Waals surface area contributed by atoms with Crippen LogP contribution in [0.4, 0.5) is 0 Å². The van der Waals surface area contributed by atoms with Crippen LogP contribution in [0.1, 0.15) is 18.7 Å². The van der Waals surface area contributed by atoms with Gasteiger partial charge in [0.2, 0.25) is 0 Å². The molecule has 0 bridgehead atoms. The highest BCUT2D eigenvalue weighted by molar-refractivity contribution is 9.10. The minimum Gasteiger partial charge on any atom is -0.492 e. The Morgan fingerprint density at radius 3 is 2.83 bits per heavy atom. The molecule has 9 heteroatoms. The van der Waals surface area contributed by atoms with E-state index >= 15 is 0 Å². The van der Waals surface area contributed by atoms with Crippen LogP contribution in [0.5, 0.6) is 11.5 Å². The maximum atomic E-state index is 12.9. The van der Waals surface area contributed by atoms with E-state index < -0.39 is 6.17 Å². The van der Waals surface area contributed by atoms with E-state index in [0.717, 1.165) is 20.6 Å². The second-order valence-electron chi connectivity index (χ2n) is 6.24. The van der Waals surface area contributed by atoms with Crippen molar-refractivity contribution in [1.82, 2.24) is 10.3 Å². The largest absolute Gasteiger partial charge is 0.492 e. The van der Waals surface area contributed by atoms with E-state index in [2.05, 4.69) is 26.3 Å². The molecular weight excluding hydrogens is 456 g/mol. The molecule has 2 aliphatic rings. The van der Waals surface area contributed by atoms with Gasteiger partial charge in [-0.15, -0.1) is 5.10 Å². The summed E-state index contributed by atoms with van der Waals surface area (Å²) in [4.78, 5) is 17.8. The van der Waals surface area contributed by atoms with Crippen LogP contribution in [0.3, 0.4) is 0 Å². The van der Waals surface area contributed by atoms with Crippen LogP contribution in [-0.2, 0) is 4.79 Å². The fraction of sp³-hybridized carbons (Fsp3) is 0.250. The van der Waals surface area contributed by atoms with Crippen molar-refractivity contribution in [2.45, 2.75) is 13.1 Å². The molecule has 0 saturated heterocycles. The number of nitrogens with one attached hydrogen (secondary N) is 1. The molecule has 0 unspecified atom stereocenters. The van der Waals surface area contributed by atoms with E-state index in [1.807, 2.05) is 49.6 Å². The number of fused-ring (bicyclic) bond motifs is 2. The monoisotopic (exact) mass is 474 g/mol. The number of hydrazone groups is 1. The number of methoxy groups -OCH3 is 1. The lowest BCUT2D eigenvalue weighted by Crippen LogP contribution is -2.50. The first-order valence-electron chi connectivity index (χ1n) is 8.98. The van der Waals surface area contributed by atoms with Gasteiger partial charge in [-0.1, -0.05) is 30.0 Å². The summed E-state index contributed by atoms with van der Waals surface area (Å²) >= 11 is 4.93. The second-order valence-corrected chi connectivity index (χ2v) is 7.89. The standard InChI is InChI=1S/C20H19BrN4O3S/c1-4-28-15-10-11(9-13(21)17(15)27-2)18-22-14-8-6-5-7-12(14)16-19(26)23-20(29-3)24-25(16)18/h5-10,18H,4H2,1-3H3,(H,23,24,26)/t18-/m1/s1. The quantitative estimate of drug-likeness (QED) is 0.735. The predicted molar refractivity (Wildman–Crippen MR) is 116 cm³/mol. The molecule has 4 rings (SSSR count). The van der Waals surface area contributed by atoms with Crippen LogP contribution in [0.15, 0.2) is 51.0 Å². The van der Waals surface area contributed by atoms with E-state index in [0.29, 0.717) is 29.0 Å². The number of benzene rings is 2. The number of nitrogens with zero attached hydrogens (tertiary/aromatic N) is 3. The number of halogens is 1. The molecule has 1 atom stereocenters. The van der Waals surface area contributed by atoms with Gasteiger partial charge in [0, 0.05) is 10.8 Å². The number of para-hydroxylation sites is 1. The average molecular weight is 475 g/mol. The third-order valence-electron chi connectivity index (χ3n) is 4.54. The number of carbonyl (C=O) groups is 1. The number of rotatable bonds is 4. The van der Waals surface area contributed by atoms with E-state index in [1.165, 1.54) is 11.8 Å². The van der Waals surface area contributed by atoms with Gasteiger partial charge in [0.25, 0.3) is 5.91 Å². The van der Waals surface area contributed by atoms with Gasteiger partial charge in [-0.05, 0) is 47.3 Å². The second kappa shape index (κ2) is 8.08. The van der Waals surface area contributed by atoms with Crippen molar-refractivity contribution in [3.05, 3.63) is 57.0 Å². The zero-order chi connectivity index (χ0) is 20.5. The number of amidine groups is 1. The smallest absolute Gasteiger partial charge is 0.276 e. The summed E-state index contributed by atoms with van der Waals surface area (Å²) in [5, 5.41) is 11.2. The van der Waals surface area contributed by atoms with Gasteiger partial charge < -0.3 is 9.47 Å². The molecule has 29 heavy (non-hydrogen) atoms. The van der Waals surface area contributed by atoms with Gasteiger partial charge in [-0.2, -0.15) is 0 Å². The first-order valence-corrected chi connectivity index (χ1v) is 11.0. The lowest BCUT2D eigenvalue weighted by atomic mass is 10.1. The summed E-state index contributed by atoms with van der Waals surface area (Å²) in [5.74, 6) is 1.01. The maximum absolute atomic E-state index is 12.9. The molecule has 7 nitrogen and oxygen atoms in total. The minimum absolute atomic E-state index is 0.200. The SMILES string of the molecule is CCOc1cc([C@@H]2N=c3ccccc3=C3C(=O)NC(SC)=NN32)cc(Br)c1OC. The molecule has 0 aliphatic carbocycles. The zero-order valence-corrected chi connectivity index (χ0v) is 18.5. The summed E-state index contributed by atoms with van der Waals surface area (Å²) < 4.78 is 12.0. The number of thioether (sulfide) groups is 1. The molecule has 2 heterocycles. The Bertz CT molecular complexity index is 1140. The number of hydrogen-bond donors (Lipinski definition) is 1. The molecule has 2 aromatic carbocycles.